The van der Waals surface area contributed by atoms with Gasteiger partial charge in [-0.25, -0.2) is 4.79 Å². The number of dihydropyridines is 1. The molecule has 12 heteroatoms. The van der Waals surface area contributed by atoms with Crippen LogP contribution in [-0.4, -0.2) is 29.7 Å². The maximum Gasteiger partial charge on any atom is 0.337 e. The molecule has 0 radical (unpaired) electrons. The van der Waals surface area contributed by atoms with Crippen LogP contribution < -0.4 is 15.4 Å². The van der Waals surface area contributed by atoms with Crippen LogP contribution in [0.5, 0.6) is 5.75 Å². The zero-order chi connectivity index (χ0) is 30.2. The first-order valence-electron chi connectivity index (χ1n) is 12.6. The fraction of sp³-hybridized carbons (Fsp3) is 0.167. The molecule has 1 atom stereocenters. The first-order chi connectivity index (χ1) is 20.2. The second-order valence-corrected chi connectivity index (χ2v) is 10.5. The fourth-order valence-electron chi connectivity index (χ4n) is 4.31. The van der Waals surface area contributed by atoms with Gasteiger partial charge in [0.05, 0.1) is 52.0 Å². The Balaban J connectivity index is 1.58. The summed E-state index contributed by atoms with van der Waals surface area (Å²) in [5.74, 6) is -1.81. The number of hydrogen-bond acceptors (Lipinski definition) is 9. The number of hydrogen-bond donors (Lipinski definition) is 2. The maximum atomic E-state index is 13.4. The average Bonchev–Trinajstić information content (AvgIpc) is 2.99. The number of nitro benzene ring substituents is 1. The summed E-state index contributed by atoms with van der Waals surface area (Å²) in [6.45, 7) is 1.74. The minimum atomic E-state index is -0.787. The second-order valence-electron chi connectivity index (χ2n) is 9.04. The highest BCUT2D eigenvalue weighted by atomic mass is 35.5. The molecule has 0 spiro atoms. The van der Waals surface area contributed by atoms with Gasteiger partial charge in [0.25, 0.3) is 5.69 Å². The van der Waals surface area contributed by atoms with Gasteiger partial charge in [-0.05, 0) is 42.3 Å². The SMILES string of the molecule is COc1ccc(NC(=O)CSC2=C(C#N)[C@H](c3ccc(Cl)cc3)C(C(=O)OCc3ccccc3)=C(C)N2)c([N+](=O)[O-])c1. The lowest BCUT2D eigenvalue weighted by Crippen LogP contribution is -2.29. The van der Waals surface area contributed by atoms with Gasteiger partial charge in [-0.3, -0.25) is 14.9 Å². The Bertz CT molecular complexity index is 1620. The van der Waals surface area contributed by atoms with Crippen molar-refractivity contribution < 1.29 is 24.0 Å². The third-order valence-electron chi connectivity index (χ3n) is 6.31. The van der Waals surface area contributed by atoms with Crippen molar-refractivity contribution in [3.05, 3.63) is 121 Å². The molecule has 42 heavy (non-hydrogen) atoms. The molecule has 0 aliphatic carbocycles. The number of anilines is 1. The van der Waals surface area contributed by atoms with E-state index in [0.717, 1.165) is 17.3 Å². The van der Waals surface area contributed by atoms with Crippen molar-refractivity contribution in [1.29, 1.82) is 5.26 Å². The van der Waals surface area contributed by atoms with Crippen LogP contribution >= 0.6 is 23.4 Å². The fourth-order valence-corrected chi connectivity index (χ4v) is 5.32. The van der Waals surface area contributed by atoms with Gasteiger partial charge in [-0.1, -0.05) is 65.8 Å². The first kappa shape index (κ1) is 30.2. The first-order valence-corrected chi connectivity index (χ1v) is 13.9. The molecule has 0 fully saturated rings. The molecule has 1 aliphatic heterocycles. The van der Waals surface area contributed by atoms with E-state index in [4.69, 9.17) is 21.1 Å². The minimum absolute atomic E-state index is 0.0102. The van der Waals surface area contributed by atoms with E-state index < -0.39 is 22.7 Å². The molecule has 2 N–H and O–H groups in total. The van der Waals surface area contributed by atoms with Crippen LogP contribution in [0, 0.1) is 21.4 Å². The lowest BCUT2D eigenvalue weighted by atomic mass is 9.82. The van der Waals surface area contributed by atoms with E-state index in [1.165, 1.54) is 25.3 Å². The monoisotopic (exact) mass is 604 g/mol. The van der Waals surface area contributed by atoms with E-state index in [-0.39, 0.29) is 40.6 Å². The van der Waals surface area contributed by atoms with Crippen molar-refractivity contribution in [3.63, 3.8) is 0 Å². The molecule has 1 heterocycles. The molecule has 4 rings (SSSR count). The molecule has 3 aromatic carbocycles. The van der Waals surface area contributed by atoms with E-state index in [1.807, 2.05) is 30.3 Å². The third kappa shape index (κ3) is 7.09. The highest BCUT2D eigenvalue weighted by molar-refractivity contribution is 8.03. The topological polar surface area (TPSA) is 144 Å². The standard InChI is InChI=1S/C30H25ClN4O6S/c1-18-27(30(37)41-16-19-6-4-3-5-7-19)28(20-8-10-21(31)11-9-20)23(15-32)29(33-18)42-17-26(36)34-24-13-12-22(40-2)14-25(24)35(38)39/h3-14,28,33H,16-17H2,1-2H3,(H,34,36)/t28-/m0/s1. The second kappa shape index (κ2) is 13.7. The number of carbonyl (C=O) groups is 2. The van der Waals surface area contributed by atoms with Crippen molar-refractivity contribution in [1.82, 2.24) is 5.32 Å². The van der Waals surface area contributed by atoms with Crippen molar-refractivity contribution in [2.75, 3.05) is 18.2 Å². The number of rotatable bonds is 10. The number of halogens is 1. The number of carbonyl (C=O) groups excluding carboxylic acids is 2. The lowest BCUT2D eigenvalue weighted by Gasteiger charge is -2.29. The van der Waals surface area contributed by atoms with E-state index >= 15 is 0 Å². The zero-order valence-electron chi connectivity index (χ0n) is 22.5. The Morgan fingerprint density at radius 1 is 1.14 bits per heavy atom. The predicted molar refractivity (Wildman–Crippen MR) is 160 cm³/mol. The minimum Gasteiger partial charge on any atom is -0.496 e. The van der Waals surface area contributed by atoms with Crippen molar-refractivity contribution in [2.45, 2.75) is 19.4 Å². The summed E-state index contributed by atoms with van der Waals surface area (Å²) in [5.41, 5.74) is 2.07. The number of nitro groups is 1. The molecule has 10 nitrogen and oxygen atoms in total. The largest absolute Gasteiger partial charge is 0.496 e. The highest BCUT2D eigenvalue weighted by Crippen LogP contribution is 2.41. The molecule has 0 unspecified atom stereocenters. The molecule has 0 aromatic heterocycles. The van der Waals surface area contributed by atoms with Gasteiger partial charge in [-0.2, -0.15) is 5.26 Å². The number of esters is 1. The van der Waals surface area contributed by atoms with Gasteiger partial charge in [0.2, 0.25) is 5.91 Å². The van der Waals surface area contributed by atoms with Crippen LogP contribution in [-0.2, 0) is 20.9 Å². The average molecular weight is 605 g/mol. The van der Waals surface area contributed by atoms with Crippen LogP contribution in [0.15, 0.2) is 94.7 Å². The van der Waals surface area contributed by atoms with Gasteiger partial charge in [0, 0.05) is 10.7 Å². The van der Waals surface area contributed by atoms with Gasteiger partial charge in [0.1, 0.15) is 18.0 Å². The van der Waals surface area contributed by atoms with E-state index in [1.54, 1.807) is 31.2 Å². The smallest absolute Gasteiger partial charge is 0.337 e. The summed E-state index contributed by atoms with van der Waals surface area (Å²) < 4.78 is 10.7. The Morgan fingerprint density at radius 3 is 2.50 bits per heavy atom. The van der Waals surface area contributed by atoms with Crippen LogP contribution in [0.3, 0.4) is 0 Å². The number of ether oxygens (including phenoxy) is 2. The molecule has 0 saturated carbocycles. The number of nitrogens with one attached hydrogen (secondary N) is 2. The quantitative estimate of drug-likeness (QED) is 0.160. The van der Waals surface area contributed by atoms with Crippen molar-refractivity contribution >= 4 is 46.6 Å². The molecule has 214 valence electrons. The molecule has 1 aliphatic rings. The third-order valence-corrected chi connectivity index (χ3v) is 7.58. The van der Waals surface area contributed by atoms with Gasteiger partial charge >= 0.3 is 5.97 Å². The van der Waals surface area contributed by atoms with Gasteiger partial charge in [0.15, 0.2) is 0 Å². The molecule has 0 bridgehead atoms. The number of benzene rings is 3. The molecule has 3 aromatic rings. The van der Waals surface area contributed by atoms with E-state index in [2.05, 4.69) is 16.7 Å². The van der Waals surface area contributed by atoms with E-state index in [0.29, 0.717) is 21.3 Å². The number of thioether (sulfide) groups is 1. The van der Waals surface area contributed by atoms with Gasteiger partial charge < -0.3 is 20.1 Å². The number of methoxy groups -OCH3 is 1. The Morgan fingerprint density at radius 2 is 1.86 bits per heavy atom. The van der Waals surface area contributed by atoms with Gasteiger partial charge in [-0.15, -0.1) is 0 Å². The van der Waals surface area contributed by atoms with Crippen LogP contribution in [0.2, 0.25) is 5.02 Å². The number of amides is 1. The number of nitrogens with zero attached hydrogens (tertiary/aromatic N) is 2. The predicted octanol–water partition coefficient (Wildman–Crippen LogP) is 6.07. The molecular formula is C30H25ClN4O6S. The maximum absolute atomic E-state index is 13.4. The zero-order valence-corrected chi connectivity index (χ0v) is 24.1. The summed E-state index contributed by atoms with van der Waals surface area (Å²) in [7, 11) is 1.38. The normalized spacial score (nSPS) is 14.5. The van der Waals surface area contributed by atoms with Crippen LogP contribution in [0.4, 0.5) is 11.4 Å². The number of allylic oxidation sites excluding steroid dienone is 2. The molecular weight excluding hydrogens is 580 g/mol. The van der Waals surface area contributed by atoms with Crippen molar-refractivity contribution in [3.8, 4) is 11.8 Å². The Hall–Kier alpha value is -4.79. The Labute approximate surface area is 251 Å². The molecule has 1 amide bonds. The summed E-state index contributed by atoms with van der Waals surface area (Å²) >= 11 is 7.14. The number of nitriles is 1. The molecule has 0 saturated heterocycles. The van der Waals surface area contributed by atoms with Crippen molar-refractivity contribution in [2.24, 2.45) is 0 Å². The lowest BCUT2D eigenvalue weighted by molar-refractivity contribution is -0.384. The van der Waals surface area contributed by atoms with Crippen LogP contribution in [0.1, 0.15) is 24.0 Å². The highest BCUT2D eigenvalue weighted by Gasteiger charge is 2.36. The summed E-state index contributed by atoms with van der Waals surface area (Å²) in [6.07, 6.45) is 0. The van der Waals surface area contributed by atoms with E-state index in [9.17, 15) is 25.0 Å². The Kier molecular flexibility index (Phi) is 9.85. The summed E-state index contributed by atoms with van der Waals surface area (Å²) in [5, 5.41) is 28.2. The van der Waals surface area contributed by atoms with Crippen LogP contribution in [0.25, 0.3) is 0 Å². The summed E-state index contributed by atoms with van der Waals surface area (Å²) in [6, 6.07) is 22.3. The summed E-state index contributed by atoms with van der Waals surface area (Å²) in [4.78, 5) is 37.1.